The smallest absolute Gasteiger partial charge is 0.398 e. The Morgan fingerprint density at radius 3 is 1.70 bits per heavy atom. The lowest BCUT2D eigenvalue weighted by atomic mass is 10.4. The molecule has 0 aliphatic heterocycles. The van der Waals surface area contributed by atoms with Gasteiger partial charge in [0.25, 0.3) is 0 Å². The first-order valence-electron chi connectivity index (χ1n) is 9.80. The van der Waals surface area contributed by atoms with Crippen molar-refractivity contribution in [3.05, 3.63) is 0 Å². The largest absolute Gasteiger partial charge is 0.491 e. The molecule has 33 heavy (non-hydrogen) atoms. The summed E-state index contributed by atoms with van der Waals surface area (Å²) < 4.78 is 56.4. The molecule has 0 spiro atoms. The number of rotatable bonds is 19. The van der Waals surface area contributed by atoms with E-state index in [1.807, 2.05) is 0 Å². The minimum atomic E-state index is -4.52. The molecule has 0 aliphatic carbocycles. The van der Waals surface area contributed by atoms with Crippen molar-refractivity contribution in [1.82, 2.24) is 10.2 Å². The third kappa shape index (κ3) is 16.9. The maximum absolute atomic E-state index is 11.3. The van der Waals surface area contributed by atoms with Crippen LogP contribution in [0.5, 0.6) is 0 Å². The summed E-state index contributed by atoms with van der Waals surface area (Å²) in [5, 5.41) is 2.65. The van der Waals surface area contributed by atoms with Crippen molar-refractivity contribution in [2.45, 2.75) is 31.5 Å². The van der Waals surface area contributed by atoms with Gasteiger partial charge in [-0.25, -0.2) is 0 Å². The Morgan fingerprint density at radius 1 is 0.788 bits per heavy atom. The molecule has 0 aliphatic rings. The molecule has 0 bridgehead atoms. The van der Waals surface area contributed by atoms with E-state index in [-0.39, 0.29) is 13.0 Å². The Bertz CT molecular complexity index is 690. The molecule has 1 atom stereocenters. The number of nitrogens with one attached hydrogen (secondary N) is 1. The summed E-state index contributed by atoms with van der Waals surface area (Å²) >= 11 is 0. The molecule has 0 aromatic heterocycles. The molecular weight excluding hydrogens is 541 g/mol. The fraction of sp³-hybridized carbons (Fsp3) is 1.00. The molecule has 200 valence electrons. The lowest BCUT2D eigenvalue weighted by Gasteiger charge is -2.36. The van der Waals surface area contributed by atoms with E-state index >= 15 is 0 Å². The third-order valence-electron chi connectivity index (χ3n) is 4.45. The predicted molar refractivity (Wildman–Crippen MR) is 124 cm³/mol. The van der Waals surface area contributed by atoms with Crippen molar-refractivity contribution in [2.75, 3.05) is 53.3 Å². The topological polar surface area (TPSA) is 225 Å². The maximum atomic E-state index is 11.3. The van der Waals surface area contributed by atoms with Crippen molar-refractivity contribution < 1.29 is 60.4 Å². The summed E-state index contributed by atoms with van der Waals surface area (Å²) in [5.74, 6) is 0. The predicted octanol–water partition coefficient (Wildman–Crippen LogP) is 0.0305. The highest BCUT2D eigenvalue weighted by Crippen LogP contribution is 2.41. The normalized spacial score (nSPS) is 15.7. The van der Waals surface area contributed by atoms with Crippen LogP contribution in [0.1, 0.15) is 12.8 Å². The van der Waals surface area contributed by atoms with E-state index in [2.05, 4.69) is 5.32 Å². The van der Waals surface area contributed by atoms with Crippen LogP contribution in [0.4, 0.5) is 0 Å². The van der Waals surface area contributed by atoms with Gasteiger partial charge < -0.3 is 52.1 Å². The third-order valence-corrected chi connectivity index (χ3v) is 13.9. The summed E-state index contributed by atoms with van der Waals surface area (Å²) in [5.41, 5.74) is 0. The van der Waals surface area contributed by atoms with Gasteiger partial charge in [-0.2, -0.15) is 0 Å². The molecule has 20 heteroatoms. The maximum Gasteiger partial charge on any atom is 0.491 e. The van der Waals surface area contributed by atoms with Gasteiger partial charge in [0, 0.05) is 27.4 Å². The Labute approximate surface area is 195 Å². The Kier molecular flexibility index (Phi) is 14.7. The van der Waals surface area contributed by atoms with E-state index in [4.69, 9.17) is 27.2 Å². The molecule has 7 N–H and O–H groups in total. The molecule has 0 aromatic rings. The first-order chi connectivity index (χ1) is 14.9. The van der Waals surface area contributed by atoms with Gasteiger partial charge in [0.15, 0.2) is 0 Å². The highest BCUT2D eigenvalue weighted by atomic mass is 31.2. The van der Waals surface area contributed by atoms with Crippen molar-refractivity contribution in [1.29, 1.82) is 0 Å². The molecule has 0 saturated heterocycles. The van der Waals surface area contributed by atoms with E-state index in [0.717, 1.165) is 4.90 Å². The number of nitrogens with zero attached hydrogens (tertiary/aromatic N) is 1. The van der Waals surface area contributed by atoms with Crippen LogP contribution in [0.2, 0.25) is 18.6 Å². The average Bonchev–Trinajstić information content (AvgIpc) is 2.63. The lowest BCUT2D eigenvalue weighted by Crippen LogP contribution is -2.54. The molecule has 0 fully saturated rings. The lowest BCUT2D eigenvalue weighted by molar-refractivity contribution is 0.134. The SMILES string of the molecule is CO[Si](C)(CCCN(CP(=O)(O)O)CP(=O)(O)O)O[Si](CCCNCP(=O)(O)O)(OC)OC. The Morgan fingerprint density at radius 2 is 1.30 bits per heavy atom. The van der Waals surface area contributed by atoms with E-state index in [1.54, 1.807) is 6.55 Å². The molecular formula is C13H37N2O13P3Si2. The van der Waals surface area contributed by atoms with Crippen molar-refractivity contribution >= 4 is 40.2 Å². The van der Waals surface area contributed by atoms with Crippen molar-refractivity contribution in [3.8, 4) is 0 Å². The van der Waals surface area contributed by atoms with Crippen LogP contribution >= 0.6 is 22.8 Å². The van der Waals surface area contributed by atoms with Crippen LogP contribution in [0, 0.1) is 0 Å². The summed E-state index contributed by atoms with van der Waals surface area (Å²) in [7, 11) is -15.1. The van der Waals surface area contributed by atoms with E-state index < -0.39 is 59.0 Å². The van der Waals surface area contributed by atoms with Gasteiger partial charge in [0.1, 0.15) is 12.6 Å². The fourth-order valence-electron chi connectivity index (χ4n) is 2.93. The van der Waals surface area contributed by atoms with Gasteiger partial charge in [-0.3, -0.25) is 18.6 Å². The zero-order chi connectivity index (χ0) is 26.0. The highest BCUT2D eigenvalue weighted by molar-refractivity contribution is 7.52. The van der Waals surface area contributed by atoms with Crippen LogP contribution in [-0.4, -0.2) is 105 Å². The Balaban J connectivity index is 5.03. The molecule has 0 saturated carbocycles. The van der Waals surface area contributed by atoms with Gasteiger partial charge >= 0.3 is 40.2 Å². The van der Waals surface area contributed by atoms with E-state index in [9.17, 15) is 33.3 Å². The van der Waals surface area contributed by atoms with Crippen molar-refractivity contribution in [3.63, 3.8) is 0 Å². The summed E-state index contributed by atoms with van der Waals surface area (Å²) in [6.45, 7) is 2.03. The van der Waals surface area contributed by atoms with Gasteiger partial charge in [0.05, 0.1) is 6.29 Å². The minimum Gasteiger partial charge on any atom is -0.398 e. The zero-order valence-electron chi connectivity index (χ0n) is 19.2. The molecule has 0 aromatic carbocycles. The second-order valence-corrected chi connectivity index (χ2v) is 19.1. The van der Waals surface area contributed by atoms with Crippen LogP contribution in [-0.2, 0) is 31.1 Å². The van der Waals surface area contributed by atoms with Crippen molar-refractivity contribution in [2.24, 2.45) is 0 Å². The summed E-state index contributed by atoms with van der Waals surface area (Å²) in [6.07, 6.45) is -1.31. The quantitative estimate of drug-likeness (QED) is 0.0610. The second kappa shape index (κ2) is 14.4. The zero-order valence-corrected chi connectivity index (χ0v) is 23.9. The molecule has 0 rings (SSSR count). The average molecular weight is 579 g/mol. The second-order valence-electron chi connectivity index (χ2n) is 7.57. The first kappa shape index (κ1) is 33.6. The molecule has 1 unspecified atom stereocenters. The summed E-state index contributed by atoms with van der Waals surface area (Å²) in [6, 6.07) is 0.656. The highest BCUT2D eigenvalue weighted by Gasteiger charge is 2.47. The van der Waals surface area contributed by atoms with Gasteiger partial charge in [-0.05, 0) is 38.5 Å². The van der Waals surface area contributed by atoms with Gasteiger partial charge in [-0.15, -0.1) is 0 Å². The number of hydrogen-bond donors (Lipinski definition) is 7. The molecule has 0 heterocycles. The number of hydrogen-bond acceptors (Lipinski definition) is 9. The van der Waals surface area contributed by atoms with E-state index in [0.29, 0.717) is 25.1 Å². The van der Waals surface area contributed by atoms with Crippen LogP contribution in [0.3, 0.4) is 0 Å². The summed E-state index contributed by atoms with van der Waals surface area (Å²) in [4.78, 5) is 55.5. The fourth-order valence-corrected chi connectivity index (χ4v) is 11.7. The molecule has 15 nitrogen and oxygen atoms in total. The standard InChI is InChI=1S/C13H37N2O13P3Si2/c1-25-32(4,9-6-8-15(12-30(19,20)21)13-31(22,23)24)28-33(26-2,27-3)10-5-7-14-11-29(16,17)18/h14H,5-13H2,1-4H3,(H2,16,17,18)(H2,19,20,21)(H2,22,23,24). The molecule has 0 amide bonds. The van der Waals surface area contributed by atoms with Crippen LogP contribution in [0.15, 0.2) is 0 Å². The molecule has 0 radical (unpaired) electrons. The van der Waals surface area contributed by atoms with Crippen LogP contribution in [0.25, 0.3) is 0 Å². The van der Waals surface area contributed by atoms with Crippen LogP contribution < -0.4 is 5.32 Å². The van der Waals surface area contributed by atoms with Gasteiger partial charge in [-0.1, -0.05) is 0 Å². The monoisotopic (exact) mass is 578 g/mol. The first-order valence-corrected chi connectivity index (χ1v) is 19.7. The Hall–Kier alpha value is 0.644. The van der Waals surface area contributed by atoms with Gasteiger partial charge in [0.2, 0.25) is 0 Å². The van der Waals surface area contributed by atoms with E-state index in [1.165, 1.54) is 21.3 Å². The minimum absolute atomic E-state index is 0.00759.